The quantitative estimate of drug-likeness (QED) is 0.0496. The Morgan fingerprint density at radius 2 is 0.984 bits per heavy atom. The fourth-order valence-corrected chi connectivity index (χ4v) is 16.4. The highest BCUT2D eigenvalue weighted by Crippen LogP contribution is 2.37. The van der Waals surface area contributed by atoms with Gasteiger partial charge in [-0.3, -0.25) is 9.89 Å². The van der Waals surface area contributed by atoms with E-state index in [1.807, 2.05) is 37.8 Å². The number of ether oxygens (including phenoxy) is 2. The van der Waals surface area contributed by atoms with Crippen LogP contribution in [0.4, 0.5) is 0 Å². The second-order valence-corrected chi connectivity index (χ2v) is 43.1. The van der Waals surface area contributed by atoms with Crippen molar-refractivity contribution in [2.75, 3.05) is 91.9 Å². The first-order valence-corrected chi connectivity index (χ1v) is 52.7. The van der Waals surface area contributed by atoms with Gasteiger partial charge in [-0.2, -0.15) is 0 Å². The van der Waals surface area contributed by atoms with E-state index in [2.05, 4.69) is 250 Å². The van der Waals surface area contributed by atoms with Gasteiger partial charge in [0.05, 0.1) is 26.1 Å². The number of aliphatic imine (C=N–C) groups is 1. The molecule has 0 unspecified atom stereocenters. The molecule has 2 aromatic carbocycles. The van der Waals surface area contributed by atoms with E-state index in [9.17, 15) is 0 Å². The number of nitrogens with zero attached hydrogens (tertiary/aromatic N) is 5. The number of hydrogen-bond donors (Lipinski definition) is 3. The van der Waals surface area contributed by atoms with Crippen LogP contribution < -0.4 is 16.0 Å². The van der Waals surface area contributed by atoms with Crippen molar-refractivity contribution < 1.29 is 9.47 Å². The van der Waals surface area contributed by atoms with Crippen LogP contribution in [0.3, 0.4) is 0 Å². The smallest absolute Gasteiger partial charge is 0.191 e. The van der Waals surface area contributed by atoms with Crippen molar-refractivity contribution in [3.05, 3.63) is 89.0 Å². The topological polar surface area (TPSA) is 91.2 Å². The Labute approximate surface area is 768 Å². The van der Waals surface area contributed by atoms with E-state index < -0.39 is 0 Å². The van der Waals surface area contributed by atoms with Gasteiger partial charge >= 0.3 is 0 Å². The number of aryl methyl sites for hydroxylation is 2. The molecule has 2 saturated heterocycles. The Kier molecular flexibility index (Phi) is 77.1. The van der Waals surface area contributed by atoms with Gasteiger partial charge in [-0.25, -0.2) is 4.98 Å². The van der Waals surface area contributed by atoms with Crippen molar-refractivity contribution >= 4 is 17.6 Å². The number of imidazole rings is 1. The van der Waals surface area contributed by atoms with Crippen LogP contribution in [-0.4, -0.2) is 123 Å². The molecule has 10 nitrogen and oxygen atoms in total. The van der Waals surface area contributed by atoms with Gasteiger partial charge in [0.15, 0.2) is 5.96 Å². The number of guanidine groups is 1. The maximum absolute atomic E-state index is 5.96. The molecular formula is C111H213ClN8O2. The minimum atomic E-state index is 0.553. The van der Waals surface area contributed by atoms with Crippen molar-refractivity contribution in [1.29, 1.82) is 0 Å². The summed E-state index contributed by atoms with van der Waals surface area (Å²) in [7, 11) is 0. The molecule has 3 aliphatic heterocycles. The number of likely N-dealkylation sites (tertiary alicyclic amines) is 1. The first-order valence-electron chi connectivity index (χ1n) is 52.4. The van der Waals surface area contributed by atoms with E-state index in [-0.39, 0.29) is 0 Å². The second-order valence-electron chi connectivity index (χ2n) is 42.7. The lowest BCUT2D eigenvalue weighted by atomic mass is 9.74. The van der Waals surface area contributed by atoms with Crippen LogP contribution in [0.15, 0.2) is 72.2 Å². The summed E-state index contributed by atoms with van der Waals surface area (Å²) < 4.78 is 12.7. The Morgan fingerprint density at radius 3 is 1.43 bits per heavy atom. The van der Waals surface area contributed by atoms with Gasteiger partial charge in [-0.05, 0) is 260 Å². The molecule has 0 radical (unpaired) electrons. The summed E-state index contributed by atoms with van der Waals surface area (Å²) in [5, 5.41) is 11.0. The lowest BCUT2D eigenvalue weighted by molar-refractivity contribution is 0.0368. The van der Waals surface area contributed by atoms with Crippen LogP contribution in [0.2, 0.25) is 5.02 Å². The highest BCUT2D eigenvalue weighted by Gasteiger charge is 2.25. The summed E-state index contributed by atoms with van der Waals surface area (Å²) in [6, 6.07) is 17.6. The van der Waals surface area contributed by atoms with Gasteiger partial charge in [0.2, 0.25) is 0 Å². The van der Waals surface area contributed by atoms with Crippen LogP contribution in [0, 0.1) is 83.4 Å². The molecule has 0 spiro atoms. The maximum atomic E-state index is 5.96. The Balaban J connectivity index is 0.00000132. The summed E-state index contributed by atoms with van der Waals surface area (Å²) in [4.78, 5) is 13.3. The first-order chi connectivity index (χ1) is 58.2. The molecule has 716 valence electrons. The highest BCUT2D eigenvalue weighted by molar-refractivity contribution is 6.31. The molecule has 0 atom stereocenters. The predicted molar refractivity (Wildman–Crippen MR) is 547 cm³/mol. The first kappa shape index (κ1) is 119. The Hall–Kier alpha value is -2.99. The Morgan fingerprint density at radius 1 is 0.500 bits per heavy atom. The molecule has 0 bridgehead atoms. The molecule has 4 saturated carbocycles. The normalized spacial score (nSPS) is 16.9. The van der Waals surface area contributed by atoms with Crippen molar-refractivity contribution in [2.24, 2.45) is 81.4 Å². The molecule has 4 heterocycles. The molecular weight excluding hydrogens is 1510 g/mol. The number of aromatic nitrogens is 2. The van der Waals surface area contributed by atoms with Crippen molar-refractivity contribution in [3.63, 3.8) is 0 Å². The van der Waals surface area contributed by atoms with Gasteiger partial charge in [-0.15, -0.1) is 0 Å². The number of benzene rings is 2. The minimum absolute atomic E-state index is 0.553. The average molecular weight is 1730 g/mol. The van der Waals surface area contributed by atoms with E-state index in [0.29, 0.717) is 17.3 Å². The molecule has 3 aromatic rings. The summed E-state index contributed by atoms with van der Waals surface area (Å²) in [5.41, 5.74) is 4.42. The summed E-state index contributed by atoms with van der Waals surface area (Å²) >= 11 is 5.96. The Bertz CT molecular complexity index is 2640. The SMILES string of the molecule is CC(C)C(C)(C)CCC1CCCCC1.CC(C)C1CCCCC1.CC(C)CCCC1CCCCC1.CC(C)CCCN1CCOCC1.CC(C)CCCNC1=NCCN1.CC(C)CCCNC1CCCCC1.CC(C)CCCn1ccnc1.CC(C)CCN1CCCC1.CC(C)c1ccccc1.CCCOCCC(C)C.Cc1ccc(C(C)C)cc1Cl. The predicted octanol–water partition coefficient (Wildman–Crippen LogP) is 32.2. The largest absolute Gasteiger partial charge is 0.381 e. The van der Waals surface area contributed by atoms with Gasteiger partial charge in [0.25, 0.3) is 0 Å². The second kappa shape index (κ2) is 79.0. The number of nitrogens with one attached hydrogen (secondary N) is 3. The van der Waals surface area contributed by atoms with Gasteiger partial charge in [-0.1, -0.05) is 362 Å². The number of morpholine rings is 1. The highest BCUT2D eigenvalue weighted by atomic mass is 35.5. The van der Waals surface area contributed by atoms with Gasteiger partial charge in [0, 0.05) is 69.4 Å². The number of halogens is 1. The van der Waals surface area contributed by atoms with Crippen LogP contribution in [0.5, 0.6) is 0 Å². The van der Waals surface area contributed by atoms with E-state index in [1.54, 1.807) is 0 Å². The standard InChI is InChI=1S/C14H28.C12H25N.C12H24.C10H13Cl.C10H21NO.C9H19N3.C9H16N2.C9H19N.C9H18.C9H12.C8H18O/c1-12(2)14(3,4)11-10-13-8-6-5-7-9-13;1-11(2)7-6-10-13-12-8-4-3-5-9-12;1-11(2)7-6-10-12-8-4-3-5-9-12;1-7(2)9-5-4-8(3)10(11)6-9;1-10(2)4-3-5-11-6-8-12-9-7-11;1-8(2)4-3-5-10-9-11-6-7-12-9;1-9(2)4-3-6-11-7-5-10-8-11;1-9(2)5-8-10-6-3-4-7-10;2*1-8(2)9-6-4-3-5-7-9;1-4-6-9-7-5-8(2)3/h12-13H,5-11H2,1-4H3;11-13H,3-10H2,1-2H3;11-12H,3-10H2,1-2H3;4-7H,1-3H3;10H,3-9H2,1-2H3;8H,3-7H2,1-2H3,(H2,10,11,12);5,7-9H,3-4,6H2,1-2H3;9H,3-8H2,1-2H3;8-9H,3-7H2,1-2H3;3-8H,1-2H3;8H,4-7H2,1-3H3. The van der Waals surface area contributed by atoms with E-state index >= 15 is 0 Å². The minimum Gasteiger partial charge on any atom is -0.381 e. The monoisotopic (exact) mass is 1730 g/mol. The summed E-state index contributed by atoms with van der Waals surface area (Å²) in [6.45, 7) is 75.7. The third-order valence-electron chi connectivity index (χ3n) is 26.0. The molecule has 0 amide bonds. The van der Waals surface area contributed by atoms with Crippen LogP contribution in [-0.2, 0) is 16.0 Å². The summed E-state index contributed by atoms with van der Waals surface area (Å²) in [5.74, 6) is 13.1. The van der Waals surface area contributed by atoms with Crippen molar-refractivity contribution in [3.8, 4) is 0 Å². The molecule has 11 heteroatoms. The maximum Gasteiger partial charge on any atom is 0.191 e. The third kappa shape index (κ3) is 73.9. The zero-order chi connectivity index (χ0) is 91.0. The number of rotatable bonds is 36. The molecule has 3 N–H and O–H groups in total. The average Bonchev–Trinajstić information content (AvgIpc) is 1.33. The van der Waals surface area contributed by atoms with Gasteiger partial charge < -0.3 is 34.9 Å². The zero-order valence-electron chi connectivity index (χ0n) is 86.4. The third-order valence-corrected chi connectivity index (χ3v) is 26.4. The van der Waals surface area contributed by atoms with E-state index in [4.69, 9.17) is 21.1 Å². The molecule has 6 fully saturated rings. The summed E-state index contributed by atoms with van der Waals surface area (Å²) in [6.07, 6.45) is 59.8. The van der Waals surface area contributed by atoms with Crippen LogP contribution in [0.1, 0.15) is 446 Å². The molecule has 122 heavy (non-hydrogen) atoms. The fourth-order valence-electron chi connectivity index (χ4n) is 16.3. The van der Waals surface area contributed by atoms with Crippen molar-refractivity contribution in [2.45, 2.75) is 448 Å². The molecule has 4 aliphatic carbocycles. The van der Waals surface area contributed by atoms with Crippen LogP contribution in [0.25, 0.3) is 0 Å². The number of hydrogen-bond acceptors (Lipinski definition) is 9. The lowest BCUT2D eigenvalue weighted by Crippen LogP contribution is -2.36. The molecule has 10 rings (SSSR count). The van der Waals surface area contributed by atoms with Gasteiger partial charge in [0.1, 0.15) is 0 Å². The molecule has 7 aliphatic rings. The molecule has 1 aromatic heterocycles. The van der Waals surface area contributed by atoms with E-state index in [0.717, 1.165) is 166 Å². The van der Waals surface area contributed by atoms with E-state index in [1.165, 1.54) is 281 Å². The van der Waals surface area contributed by atoms with Crippen LogP contribution >= 0.6 is 11.6 Å². The van der Waals surface area contributed by atoms with Crippen molar-refractivity contribution in [1.82, 2.24) is 35.3 Å². The lowest BCUT2D eigenvalue weighted by Gasteiger charge is -2.32. The fraction of sp³-hybridized carbons (Fsp3) is 0.856. The zero-order valence-corrected chi connectivity index (χ0v) is 87.2.